The number of benzene rings is 1. The van der Waals surface area contributed by atoms with Crippen LogP contribution in [0.1, 0.15) is 37.6 Å². The summed E-state index contributed by atoms with van der Waals surface area (Å²) in [6.45, 7) is 5.86. The Labute approximate surface area is 141 Å². The van der Waals surface area contributed by atoms with Crippen LogP contribution in [0.25, 0.3) is 0 Å². The van der Waals surface area contributed by atoms with Crippen LogP contribution in [0.15, 0.2) is 29.2 Å². The second kappa shape index (κ2) is 7.31. The molecule has 0 bridgehead atoms. The number of hydrogen-bond acceptors (Lipinski definition) is 6. The van der Waals surface area contributed by atoms with Crippen molar-refractivity contribution in [2.75, 3.05) is 13.1 Å². The quantitative estimate of drug-likeness (QED) is 0.720. The Kier molecular flexibility index (Phi) is 5.61. The van der Waals surface area contributed by atoms with Gasteiger partial charge in [0.1, 0.15) is 6.10 Å². The van der Waals surface area contributed by atoms with Gasteiger partial charge in [-0.1, -0.05) is 19.9 Å². The minimum Gasteiger partial charge on any atom is -0.460 e. The number of carbonyl (C=O) groups is 2. The summed E-state index contributed by atoms with van der Waals surface area (Å²) >= 11 is 0. The zero-order valence-electron chi connectivity index (χ0n) is 13.9. The topological polar surface area (TPSA) is 90.0 Å². The van der Waals surface area contributed by atoms with Crippen molar-refractivity contribution in [1.29, 1.82) is 0 Å². The summed E-state index contributed by atoms with van der Waals surface area (Å²) in [7, 11) is -3.67. The molecule has 1 saturated heterocycles. The normalized spacial score (nSPS) is 20.9. The number of ether oxygens (including phenoxy) is 2. The molecule has 1 heterocycles. The highest BCUT2D eigenvalue weighted by Crippen LogP contribution is 2.21. The van der Waals surface area contributed by atoms with Crippen LogP contribution in [0.4, 0.5) is 0 Å². The second-order valence-electron chi connectivity index (χ2n) is 5.49. The number of cyclic esters (lactones) is 1. The standard InChI is InChI=1S/C16H21NO6S/c1-4-17(5-2)24(20,21)13-8-6-7-12(10-13)15(18)23-14-9-11(3)22-16(14)19/h6-8,10-11,14H,4-5,9H2,1-3H3/t11-,14+/m1/s1. The van der Waals surface area contributed by atoms with Crippen LogP contribution in [0, 0.1) is 0 Å². The van der Waals surface area contributed by atoms with E-state index in [9.17, 15) is 18.0 Å². The summed E-state index contributed by atoms with van der Waals surface area (Å²) in [5.41, 5.74) is 0.0792. The molecule has 8 heteroatoms. The molecule has 1 fully saturated rings. The fraction of sp³-hybridized carbons (Fsp3) is 0.500. The molecule has 0 N–H and O–H groups in total. The molecule has 1 aromatic carbocycles. The first kappa shape index (κ1) is 18.4. The van der Waals surface area contributed by atoms with Crippen LogP contribution >= 0.6 is 0 Å². The van der Waals surface area contributed by atoms with E-state index in [-0.39, 0.29) is 16.6 Å². The van der Waals surface area contributed by atoms with E-state index in [1.807, 2.05) is 0 Å². The second-order valence-corrected chi connectivity index (χ2v) is 7.43. The third-order valence-corrected chi connectivity index (χ3v) is 5.83. The predicted molar refractivity (Wildman–Crippen MR) is 85.9 cm³/mol. The molecule has 2 rings (SSSR count). The molecule has 0 aromatic heterocycles. The Balaban J connectivity index is 2.21. The lowest BCUT2D eigenvalue weighted by Gasteiger charge is -2.18. The van der Waals surface area contributed by atoms with Crippen LogP contribution in [-0.4, -0.2) is 50.0 Å². The number of hydrogen-bond donors (Lipinski definition) is 0. The minimum absolute atomic E-state index is 0.0167. The third kappa shape index (κ3) is 3.76. The summed E-state index contributed by atoms with van der Waals surface area (Å²) < 4.78 is 36.4. The van der Waals surface area contributed by atoms with Gasteiger partial charge >= 0.3 is 11.9 Å². The highest BCUT2D eigenvalue weighted by molar-refractivity contribution is 7.89. The van der Waals surface area contributed by atoms with E-state index in [0.717, 1.165) is 0 Å². The van der Waals surface area contributed by atoms with Gasteiger partial charge in [0.25, 0.3) is 0 Å². The third-order valence-electron chi connectivity index (χ3n) is 3.79. The Hall–Kier alpha value is -1.93. The molecule has 0 saturated carbocycles. The van der Waals surface area contributed by atoms with Crippen molar-refractivity contribution < 1.29 is 27.5 Å². The van der Waals surface area contributed by atoms with E-state index >= 15 is 0 Å². The molecule has 0 spiro atoms. The molecule has 2 atom stereocenters. The number of nitrogens with zero attached hydrogens (tertiary/aromatic N) is 1. The van der Waals surface area contributed by atoms with E-state index < -0.39 is 28.1 Å². The van der Waals surface area contributed by atoms with E-state index in [4.69, 9.17) is 9.47 Å². The summed E-state index contributed by atoms with van der Waals surface area (Å²) in [5.74, 6) is -1.33. The fourth-order valence-electron chi connectivity index (χ4n) is 2.51. The fourth-order valence-corrected chi connectivity index (χ4v) is 4.01. The highest BCUT2D eigenvalue weighted by Gasteiger charge is 2.35. The average molecular weight is 355 g/mol. The van der Waals surface area contributed by atoms with Crippen LogP contribution < -0.4 is 0 Å². The SMILES string of the molecule is CCN(CC)S(=O)(=O)c1cccc(C(=O)O[C@H]2C[C@@H](C)OC2=O)c1. The van der Waals surface area contributed by atoms with Crippen molar-refractivity contribution in [3.05, 3.63) is 29.8 Å². The van der Waals surface area contributed by atoms with Crippen LogP contribution in [-0.2, 0) is 24.3 Å². The Bertz CT molecular complexity index is 726. The van der Waals surface area contributed by atoms with Crippen molar-refractivity contribution >= 4 is 22.0 Å². The molecule has 0 amide bonds. The molecule has 0 unspecified atom stereocenters. The number of sulfonamides is 1. The van der Waals surface area contributed by atoms with E-state index in [1.165, 1.54) is 28.6 Å². The molecule has 132 valence electrons. The van der Waals surface area contributed by atoms with Crippen molar-refractivity contribution in [1.82, 2.24) is 4.31 Å². The van der Waals surface area contributed by atoms with E-state index in [2.05, 4.69) is 0 Å². The van der Waals surface area contributed by atoms with Crippen molar-refractivity contribution in [3.63, 3.8) is 0 Å². The molecular weight excluding hydrogens is 334 g/mol. The molecule has 0 radical (unpaired) electrons. The predicted octanol–water partition coefficient (Wildman–Crippen LogP) is 1.58. The highest BCUT2D eigenvalue weighted by atomic mass is 32.2. The first-order valence-corrected chi connectivity index (χ1v) is 9.25. The number of rotatable bonds is 6. The van der Waals surface area contributed by atoms with Gasteiger partial charge in [-0.25, -0.2) is 18.0 Å². The molecule has 1 aliphatic heterocycles. The van der Waals surface area contributed by atoms with Gasteiger partial charge in [-0.15, -0.1) is 0 Å². The molecule has 0 aliphatic carbocycles. The van der Waals surface area contributed by atoms with Gasteiger partial charge in [0.05, 0.1) is 10.5 Å². The van der Waals surface area contributed by atoms with Crippen molar-refractivity contribution in [3.8, 4) is 0 Å². The zero-order valence-corrected chi connectivity index (χ0v) is 14.7. The smallest absolute Gasteiger partial charge is 0.347 e. The molecule has 7 nitrogen and oxygen atoms in total. The average Bonchev–Trinajstić information content (AvgIpc) is 2.86. The van der Waals surface area contributed by atoms with Gasteiger partial charge in [-0.2, -0.15) is 4.31 Å². The molecule has 1 aromatic rings. The van der Waals surface area contributed by atoms with Crippen molar-refractivity contribution in [2.24, 2.45) is 0 Å². The van der Waals surface area contributed by atoms with Gasteiger partial charge in [-0.05, 0) is 25.1 Å². The summed E-state index contributed by atoms with van der Waals surface area (Å²) in [6.07, 6.45) is -0.956. The maximum atomic E-state index is 12.5. The number of esters is 2. The first-order chi connectivity index (χ1) is 11.3. The van der Waals surface area contributed by atoms with Gasteiger partial charge < -0.3 is 9.47 Å². The Morgan fingerprint density at radius 1 is 1.33 bits per heavy atom. The lowest BCUT2D eigenvalue weighted by molar-refractivity contribution is -0.147. The Morgan fingerprint density at radius 2 is 2.00 bits per heavy atom. The summed E-state index contributed by atoms with van der Waals surface area (Å²) in [6, 6.07) is 5.62. The van der Waals surface area contributed by atoms with Crippen LogP contribution in [0.2, 0.25) is 0 Å². The van der Waals surface area contributed by atoms with Gasteiger partial charge in [0.15, 0.2) is 0 Å². The van der Waals surface area contributed by atoms with E-state index in [0.29, 0.717) is 19.5 Å². The van der Waals surface area contributed by atoms with Crippen LogP contribution in [0.5, 0.6) is 0 Å². The van der Waals surface area contributed by atoms with Gasteiger partial charge in [-0.3, -0.25) is 0 Å². The van der Waals surface area contributed by atoms with Gasteiger partial charge in [0.2, 0.25) is 16.1 Å². The lowest BCUT2D eigenvalue weighted by Crippen LogP contribution is -2.30. The van der Waals surface area contributed by atoms with Crippen molar-refractivity contribution in [2.45, 2.75) is 44.3 Å². The lowest BCUT2D eigenvalue weighted by atomic mass is 10.2. The van der Waals surface area contributed by atoms with Crippen LogP contribution in [0.3, 0.4) is 0 Å². The Morgan fingerprint density at radius 3 is 2.54 bits per heavy atom. The first-order valence-electron chi connectivity index (χ1n) is 7.81. The largest absolute Gasteiger partial charge is 0.460 e. The zero-order chi connectivity index (χ0) is 17.9. The minimum atomic E-state index is -3.67. The molecule has 1 aliphatic rings. The molecule has 24 heavy (non-hydrogen) atoms. The van der Waals surface area contributed by atoms with Gasteiger partial charge in [0, 0.05) is 19.5 Å². The maximum absolute atomic E-state index is 12.5. The maximum Gasteiger partial charge on any atom is 0.347 e. The molecular formula is C16H21NO6S. The number of carbonyl (C=O) groups excluding carboxylic acids is 2. The van der Waals surface area contributed by atoms with E-state index in [1.54, 1.807) is 20.8 Å². The summed E-state index contributed by atoms with van der Waals surface area (Å²) in [4.78, 5) is 23.8. The monoisotopic (exact) mass is 355 g/mol. The summed E-state index contributed by atoms with van der Waals surface area (Å²) in [5, 5.41) is 0.